The number of rotatable bonds is 6. The lowest BCUT2D eigenvalue weighted by atomic mass is 9.87. The Bertz CT molecular complexity index is 429. The molecule has 0 spiro atoms. The molecular weight excluding hydrogens is 232 g/mol. The first-order valence-corrected chi connectivity index (χ1v) is 7.53. The minimum atomic E-state index is 0.299. The van der Waals surface area contributed by atoms with E-state index in [1.807, 2.05) is 6.07 Å². The number of benzene rings is 1. The van der Waals surface area contributed by atoms with Crippen LogP contribution in [-0.2, 0) is 0 Å². The van der Waals surface area contributed by atoms with E-state index in [2.05, 4.69) is 53.7 Å². The molecule has 0 aliphatic carbocycles. The minimum absolute atomic E-state index is 0.299. The fraction of sp³-hybridized carbons (Fsp3) is 0.611. The van der Waals surface area contributed by atoms with Crippen LogP contribution in [0.4, 0.5) is 0 Å². The highest BCUT2D eigenvalue weighted by molar-refractivity contribution is 5.97. The zero-order valence-electron chi connectivity index (χ0n) is 13.3. The predicted octanol–water partition coefficient (Wildman–Crippen LogP) is 5.55. The van der Waals surface area contributed by atoms with Crippen LogP contribution >= 0.6 is 0 Å². The topological polar surface area (TPSA) is 17.1 Å². The van der Waals surface area contributed by atoms with Gasteiger partial charge < -0.3 is 0 Å². The SMILES string of the molecule is CCC(C)CC(=O)c1ccc(C(C)C)cc1C(C)C. The van der Waals surface area contributed by atoms with E-state index in [0.29, 0.717) is 30.0 Å². The van der Waals surface area contributed by atoms with E-state index in [9.17, 15) is 4.79 Å². The zero-order valence-corrected chi connectivity index (χ0v) is 13.3. The van der Waals surface area contributed by atoms with Crippen LogP contribution in [0.15, 0.2) is 18.2 Å². The molecule has 1 aromatic rings. The molecule has 1 rings (SSSR count). The summed E-state index contributed by atoms with van der Waals surface area (Å²) in [5.74, 6) is 1.68. The Morgan fingerprint density at radius 3 is 2.16 bits per heavy atom. The maximum atomic E-state index is 12.4. The average molecular weight is 260 g/mol. The van der Waals surface area contributed by atoms with Gasteiger partial charge in [0.15, 0.2) is 5.78 Å². The van der Waals surface area contributed by atoms with E-state index in [-0.39, 0.29) is 0 Å². The molecule has 1 heteroatoms. The summed E-state index contributed by atoms with van der Waals surface area (Å²) in [5.41, 5.74) is 3.46. The summed E-state index contributed by atoms with van der Waals surface area (Å²) in [7, 11) is 0. The van der Waals surface area contributed by atoms with E-state index in [1.165, 1.54) is 11.1 Å². The number of Topliss-reactive ketones (excluding diaryl/α,β-unsaturated/α-hetero) is 1. The van der Waals surface area contributed by atoms with Crippen LogP contribution in [-0.4, -0.2) is 5.78 Å². The highest BCUT2D eigenvalue weighted by atomic mass is 16.1. The van der Waals surface area contributed by atoms with Gasteiger partial charge in [0.25, 0.3) is 0 Å². The van der Waals surface area contributed by atoms with Crippen molar-refractivity contribution < 1.29 is 4.79 Å². The Hall–Kier alpha value is -1.11. The second-order valence-electron chi connectivity index (χ2n) is 6.30. The van der Waals surface area contributed by atoms with Crippen molar-refractivity contribution in [1.82, 2.24) is 0 Å². The normalized spacial score (nSPS) is 13.1. The molecule has 0 aromatic heterocycles. The molecule has 0 aliphatic heterocycles. The van der Waals surface area contributed by atoms with E-state index < -0.39 is 0 Å². The van der Waals surface area contributed by atoms with Crippen LogP contribution < -0.4 is 0 Å². The quantitative estimate of drug-likeness (QED) is 0.613. The highest BCUT2D eigenvalue weighted by Gasteiger charge is 2.17. The second kappa shape index (κ2) is 6.88. The van der Waals surface area contributed by atoms with Gasteiger partial charge in [0.05, 0.1) is 0 Å². The third-order valence-electron chi connectivity index (χ3n) is 3.90. The van der Waals surface area contributed by atoms with Gasteiger partial charge in [-0.1, -0.05) is 66.2 Å². The van der Waals surface area contributed by atoms with Crippen LogP contribution in [0.2, 0.25) is 0 Å². The highest BCUT2D eigenvalue weighted by Crippen LogP contribution is 2.26. The zero-order chi connectivity index (χ0) is 14.6. The Labute approximate surface area is 118 Å². The van der Waals surface area contributed by atoms with Crippen LogP contribution in [0, 0.1) is 5.92 Å². The predicted molar refractivity (Wildman–Crippen MR) is 83.0 cm³/mol. The maximum Gasteiger partial charge on any atom is 0.163 e. The molecule has 1 atom stereocenters. The van der Waals surface area contributed by atoms with Crippen LogP contribution in [0.25, 0.3) is 0 Å². The Morgan fingerprint density at radius 1 is 1.05 bits per heavy atom. The summed E-state index contributed by atoms with van der Waals surface area (Å²) < 4.78 is 0. The van der Waals surface area contributed by atoms with Crippen LogP contribution in [0.1, 0.15) is 87.7 Å². The molecule has 106 valence electrons. The molecular formula is C18H28O. The summed E-state index contributed by atoms with van der Waals surface area (Å²) in [6, 6.07) is 6.37. The van der Waals surface area contributed by atoms with Gasteiger partial charge in [-0.3, -0.25) is 4.79 Å². The van der Waals surface area contributed by atoms with Gasteiger partial charge >= 0.3 is 0 Å². The summed E-state index contributed by atoms with van der Waals surface area (Å²) in [4.78, 5) is 12.4. The van der Waals surface area contributed by atoms with Gasteiger partial charge in [-0.2, -0.15) is 0 Å². The van der Waals surface area contributed by atoms with Gasteiger partial charge in [0.1, 0.15) is 0 Å². The first-order valence-electron chi connectivity index (χ1n) is 7.53. The molecule has 1 nitrogen and oxygen atoms in total. The summed E-state index contributed by atoms with van der Waals surface area (Å²) >= 11 is 0. The molecule has 0 bridgehead atoms. The molecule has 0 amide bonds. The lowest BCUT2D eigenvalue weighted by molar-refractivity contribution is 0.0962. The smallest absolute Gasteiger partial charge is 0.163 e. The maximum absolute atomic E-state index is 12.4. The van der Waals surface area contributed by atoms with Crippen molar-refractivity contribution in [3.8, 4) is 0 Å². The van der Waals surface area contributed by atoms with Crippen molar-refractivity contribution in [2.75, 3.05) is 0 Å². The number of ketones is 1. The Morgan fingerprint density at radius 2 is 1.68 bits per heavy atom. The van der Waals surface area contributed by atoms with Crippen molar-refractivity contribution >= 4 is 5.78 Å². The first kappa shape index (κ1) is 15.9. The van der Waals surface area contributed by atoms with Gasteiger partial charge in [-0.05, 0) is 28.9 Å². The minimum Gasteiger partial charge on any atom is -0.294 e. The van der Waals surface area contributed by atoms with Crippen molar-refractivity contribution in [2.24, 2.45) is 5.92 Å². The lowest BCUT2D eigenvalue weighted by Crippen LogP contribution is -2.10. The van der Waals surface area contributed by atoms with Crippen molar-refractivity contribution in [1.29, 1.82) is 0 Å². The summed E-state index contributed by atoms with van der Waals surface area (Å²) in [5, 5.41) is 0. The molecule has 0 aliphatic rings. The molecule has 0 heterocycles. The molecule has 0 fully saturated rings. The van der Waals surface area contributed by atoms with Crippen molar-refractivity contribution in [2.45, 2.75) is 66.2 Å². The molecule has 0 saturated heterocycles. The van der Waals surface area contributed by atoms with Gasteiger partial charge in [-0.15, -0.1) is 0 Å². The Kier molecular flexibility index (Phi) is 5.78. The molecule has 1 unspecified atom stereocenters. The van der Waals surface area contributed by atoms with E-state index in [1.54, 1.807) is 0 Å². The second-order valence-corrected chi connectivity index (χ2v) is 6.30. The molecule has 19 heavy (non-hydrogen) atoms. The Balaban J connectivity index is 3.09. The van der Waals surface area contributed by atoms with Crippen molar-refractivity contribution in [3.63, 3.8) is 0 Å². The van der Waals surface area contributed by atoms with E-state index >= 15 is 0 Å². The largest absolute Gasteiger partial charge is 0.294 e. The third kappa shape index (κ3) is 4.19. The van der Waals surface area contributed by atoms with Gasteiger partial charge in [0.2, 0.25) is 0 Å². The number of carbonyl (C=O) groups excluding carboxylic acids is 1. The first-order chi connectivity index (χ1) is 8.86. The van der Waals surface area contributed by atoms with Crippen molar-refractivity contribution in [3.05, 3.63) is 34.9 Å². The fourth-order valence-corrected chi connectivity index (χ4v) is 2.24. The summed E-state index contributed by atoms with van der Waals surface area (Å²) in [6.07, 6.45) is 1.73. The van der Waals surface area contributed by atoms with E-state index in [0.717, 1.165) is 12.0 Å². The third-order valence-corrected chi connectivity index (χ3v) is 3.90. The number of hydrogen-bond acceptors (Lipinski definition) is 1. The summed E-state index contributed by atoms with van der Waals surface area (Å²) in [6.45, 7) is 13.0. The standard InChI is InChI=1S/C18H28O/c1-7-14(6)10-18(19)16-9-8-15(12(2)3)11-17(16)13(4)5/h8-9,11-14H,7,10H2,1-6H3. The van der Waals surface area contributed by atoms with E-state index in [4.69, 9.17) is 0 Å². The molecule has 0 N–H and O–H groups in total. The fourth-order valence-electron chi connectivity index (χ4n) is 2.24. The number of hydrogen-bond donors (Lipinski definition) is 0. The lowest BCUT2D eigenvalue weighted by Gasteiger charge is -2.17. The number of carbonyl (C=O) groups is 1. The van der Waals surface area contributed by atoms with Gasteiger partial charge in [0, 0.05) is 12.0 Å². The van der Waals surface area contributed by atoms with Gasteiger partial charge in [-0.25, -0.2) is 0 Å². The molecule has 0 radical (unpaired) electrons. The molecule has 0 saturated carbocycles. The molecule has 1 aromatic carbocycles. The average Bonchev–Trinajstić information content (AvgIpc) is 2.37. The van der Waals surface area contributed by atoms with Crippen LogP contribution in [0.3, 0.4) is 0 Å². The monoisotopic (exact) mass is 260 g/mol. The van der Waals surface area contributed by atoms with Crippen LogP contribution in [0.5, 0.6) is 0 Å².